The van der Waals surface area contributed by atoms with Crippen LogP contribution in [0.5, 0.6) is 0 Å². The maximum atomic E-state index is 10.9. The third-order valence-electron chi connectivity index (χ3n) is 1.55. The van der Waals surface area contributed by atoms with Gasteiger partial charge in [-0.2, -0.15) is 0 Å². The fraction of sp³-hybridized carbons (Fsp3) is 0.429. The van der Waals surface area contributed by atoms with Gasteiger partial charge in [0.2, 0.25) is 0 Å². The van der Waals surface area contributed by atoms with Crippen LogP contribution in [0.1, 0.15) is 6.92 Å². The Balaban J connectivity index is 2.73. The molecule has 0 saturated heterocycles. The van der Waals surface area contributed by atoms with E-state index in [1.807, 2.05) is 0 Å². The van der Waals surface area contributed by atoms with Crippen molar-refractivity contribution < 1.29 is 14.3 Å². The first-order chi connectivity index (χ1) is 5.16. The highest BCUT2D eigenvalue weighted by Crippen LogP contribution is 2.08. The van der Waals surface area contributed by atoms with Crippen molar-refractivity contribution in [1.29, 1.82) is 0 Å². The fourth-order valence-electron chi connectivity index (χ4n) is 0.876. The van der Waals surface area contributed by atoms with E-state index in [9.17, 15) is 9.59 Å². The first kappa shape index (κ1) is 7.94. The zero-order valence-corrected chi connectivity index (χ0v) is 6.40. The molecule has 0 bridgehead atoms. The lowest BCUT2D eigenvalue weighted by Crippen LogP contribution is -2.39. The number of hydrogen-bond acceptors (Lipinski definition) is 3. The zero-order valence-electron chi connectivity index (χ0n) is 6.40. The summed E-state index contributed by atoms with van der Waals surface area (Å²) in [4.78, 5) is 22.9. The number of ether oxygens (including phenoxy) is 1. The maximum Gasteiger partial charge on any atom is 0.255 e. The minimum Gasteiger partial charge on any atom is -0.361 e. The van der Waals surface area contributed by atoms with Gasteiger partial charge in [0, 0.05) is 19.3 Å². The molecular weight excluding hydrogens is 146 g/mol. The van der Waals surface area contributed by atoms with Crippen molar-refractivity contribution in [2.75, 3.05) is 7.11 Å². The Morgan fingerprint density at radius 2 is 1.82 bits per heavy atom. The van der Waals surface area contributed by atoms with Gasteiger partial charge in [0.1, 0.15) is 6.23 Å². The van der Waals surface area contributed by atoms with E-state index < -0.39 is 6.23 Å². The molecule has 1 aliphatic rings. The molecule has 1 aliphatic heterocycles. The van der Waals surface area contributed by atoms with Crippen LogP contribution in [0, 0.1) is 0 Å². The van der Waals surface area contributed by atoms with Crippen molar-refractivity contribution in [1.82, 2.24) is 4.90 Å². The Kier molecular flexibility index (Phi) is 2.05. The van der Waals surface area contributed by atoms with Gasteiger partial charge in [-0.15, -0.1) is 0 Å². The molecule has 0 aliphatic carbocycles. The number of carbonyl (C=O) groups excluding carboxylic acids is 2. The van der Waals surface area contributed by atoms with Gasteiger partial charge in [-0.3, -0.25) is 9.59 Å². The van der Waals surface area contributed by atoms with Crippen LogP contribution in [0.15, 0.2) is 12.2 Å². The summed E-state index contributed by atoms with van der Waals surface area (Å²) in [6.45, 7) is 1.64. The van der Waals surface area contributed by atoms with Crippen LogP contribution in [0.25, 0.3) is 0 Å². The van der Waals surface area contributed by atoms with Crippen LogP contribution in [-0.4, -0.2) is 30.1 Å². The lowest BCUT2D eigenvalue weighted by atomic mass is 10.5. The molecule has 1 unspecified atom stereocenters. The lowest BCUT2D eigenvalue weighted by Gasteiger charge is -2.20. The van der Waals surface area contributed by atoms with Gasteiger partial charge in [-0.05, 0) is 6.92 Å². The lowest BCUT2D eigenvalue weighted by molar-refractivity contribution is -0.148. The van der Waals surface area contributed by atoms with Gasteiger partial charge in [0.25, 0.3) is 11.8 Å². The van der Waals surface area contributed by atoms with Crippen LogP contribution in [0.2, 0.25) is 0 Å². The van der Waals surface area contributed by atoms with Crippen molar-refractivity contribution in [3.8, 4) is 0 Å². The minimum absolute atomic E-state index is 0.315. The zero-order chi connectivity index (χ0) is 8.43. The van der Waals surface area contributed by atoms with Crippen molar-refractivity contribution >= 4 is 11.8 Å². The summed E-state index contributed by atoms with van der Waals surface area (Å²) in [5, 5.41) is 0. The Morgan fingerprint density at radius 1 is 1.36 bits per heavy atom. The molecule has 0 spiro atoms. The predicted octanol–water partition coefficient (Wildman–Crippen LogP) is -0.0962. The molecule has 0 saturated carbocycles. The molecule has 0 fully saturated rings. The first-order valence-corrected chi connectivity index (χ1v) is 3.25. The van der Waals surface area contributed by atoms with E-state index in [2.05, 4.69) is 0 Å². The number of carbonyl (C=O) groups is 2. The molecule has 0 aromatic rings. The largest absolute Gasteiger partial charge is 0.361 e. The molecule has 0 N–H and O–H groups in total. The second kappa shape index (κ2) is 2.84. The normalized spacial score (nSPS) is 19.6. The van der Waals surface area contributed by atoms with E-state index in [4.69, 9.17) is 4.74 Å². The van der Waals surface area contributed by atoms with Crippen LogP contribution >= 0.6 is 0 Å². The van der Waals surface area contributed by atoms with Crippen LogP contribution in [-0.2, 0) is 14.3 Å². The number of rotatable bonds is 2. The number of hydrogen-bond donors (Lipinski definition) is 0. The average molecular weight is 155 g/mol. The van der Waals surface area contributed by atoms with Gasteiger partial charge < -0.3 is 4.74 Å². The van der Waals surface area contributed by atoms with E-state index in [1.165, 1.54) is 19.3 Å². The predicted molar refractivity (Wildman–Crippen MR) is 37.5 cm³/mol. The Labute approximate surface area is 64.4 Å². The summed E-state index contributed by atoms with van der Waals surface area (Å²) in [5.74, 6) is -0.631. The topological polar surface area (TPSA) is 46.6 Å². The number of amides is 2. The van der Waals surface area contributed by atoms with E-state index in [0.717, 1.165) is 4.90 Å². The van der Waals surface area contributed by atoms with Gasteiger partial charge in [-0.1, -0.05) is 0 Å². The summed E-state index contributed by atoms with van der Waals surface area (Å²) < 4.78 is 4.82. The highest BCUT2D eigenvalue weighted by Gasteiger charge is 2.27. The highest BCUT2D eigenvalue weighted by molar-refractivity contribution is 6.13. The van der Waals surface area contributed by atoms with E-state index in [1.54, 1.807) is 6.92 Å². The van der Waals surface area contributed by atoms with Crippen molar-refractivity contribution in [3.05, 3.63) is 12.2 Å². The standard InChI is InChI=1S/C7H9NO3/c1-5(11-2)8-6(9)3-4-7(8)10/h3-5H,1-2H3. The second-order valence-corrected chi connectivity index (χ2v) is 2.21. The van der Waals surface area contributed by atoms with Gasteiger partial charge >= 0.3 is 0 Å². The fourth-order valence-corrected chi connectivity index (χ4v) is 0.876. The molecule has 11 heavy (non-hydrogen) atoms. The molecule has 0 aromatic carbocycles. The smallest absolute Gasteiger partial charge is 0.255 e. The summed E-state index contributed by atoms with van der Waals surface area (Å²) in [6.07, 6.45) is 1.99. The highest BCUT2D eigenvalue weighted by atomic mass is 16.5. The number of methoxy groups -OCH3 is 1. The Bertz CT molecular complexity index is 204. The molecule has 1 heterocycles. The van der Waals surface area contributed by atoms with E-state index >= 15 is 0 Å². The Hall–Kier alpha value is -1.16. The van der Waals surface area contributed by atoms with E-state index in [-0.39, 0.29) is 11.8 Å². The van der Waals surface area contributed by atoms with Gasteiger partial charge in [0.15, 0.2) is 0 Å². The monoisotopic (exact) mass is 155 g/mol. The van der Waals surface area contributed by atoms with Crippen molar-refractivity contribution in [3.63, 3.8) is 0 Å². The molecule has 1 rings (SSSR count). The third kappa shape index (κ3) is 1.30. The maximum absolute atomic E-state index is 10.9. The van der Waals surface area contributed by atoms with Crippen LogP contribution in [0.4, 0.5) is 0 Å². The van der Waals surface area contributed by atoms with E-state index in [0.29, 0.717) is 0 Å². The van der Waals surface area contributed by atoms with Crippen LogP contribution in [0.3, 0.4) is 0 Å². The molecule has 1 atom stereocenters. The number of nitrogens with zero attached hydrogens (tertiary/aromatic N) is 1. The molecule has 4 nitrogen and oxygen atoms in total. The van der Waals surface area contributed by atoms with Crippen molar-refractivity contribution in [2.45, 2.75) is 13.2 Å². The molecular formula is C7H9NO3. The summed E-state index contributed by atoms with van der Waals surface area (Å²) in [5.41, 5.74) is 0. The first-order valence-electron chi connectivity index (χ1n) is 3.25. The van der Waals surface area contributed by atoms with Gasteiger partial charge in [-0.25, -0.2) is 4.90 Å². The summed E-state index contributed by atoms with van der Waals surface area (Å²) in [6, 6.07) is 0. The number of imide groups is 1. The summed E-state index contributed by atoms with van der Waals surface area (Å²) >= 11 is 0. The summed E-state index contributed by atoms with van der Waals surface area (Å²) in [7, 11) is 1.45. The molecule has 0 aromatic heterocycles. The molecule has 0 radical (unpaired) electrons. The average Bonchev–Trinajstić information content (AvgIpc) is 2.30. The molecule has 60 valence electrons. The van der Waals surface area contributed by atoms with Crippen molar-refractivity contribution in [2.24, 2.45) is 0 Å². The second-order valence-electron chi connectivity index (χ2n) is 2.21. The quantitative estimate of drug-likeness (QED) is 0.523. The minimum atomic E-state index is -0.481. The molecule has 2 amide bonds. The SMILES string of the molecule is COC(C)N1C(=O)C=CC1=O. The van der Waals surface area contributed by atoms with Crippen LogP contribution < -0.4 is 0 Å². The third-order valence-corrected chi connectivity index (χ3v) is 1.55. The van der Waals surface area contributed by atoms with Gasteiger partial charge in [0.05, 0.1) is 0 Å². The molecule has 4 heteroatoms. The Morgan fingerprint density at radius 3 is 2.18 bits per heavy atom.